The van der Waals surface area contributed by atoms with Crippen LogP contribution >= 0.6 is 0 Å². The van der Waals surface area contributed by atoms with Gasteiger partial charge in [-0.1, -0.05) is 105 Å². The molecule has 0 unspecified atom stereocenters. The molecule has 0 aromatic heterocycles. The summed E-state index contributed by atoms with van der Waals surface area (Å²) >= 11 is 0. The lowest BCUT2D eigenvalue weighted by molar-refractivity contribution is -0.183. The van der Waals surface area contributed by atoms with E-state index in [1.54, 1.807) is 12.0 Å². The van der Waals surface area contributed by atoms with Crippen LogP contribution in [0.5, 0.6) is 0 Å². The number of hydroxylamine groups is 2. The fourth-order valence-corrected chi connectivity index (χ4v) is 9.50. The highest BCUT2D eigenvalue weighted by atomic mass is 16.7. The van der Waals surface area contributed by atoms with E-state index in [4.69, 9.17) is 4.84 Å². The zero-order valence-electron chi connectivity index (χ0n) is 31.7. The van der Waals surface area contributed by atoms with Gasteiger partial charge in [-0.05, 0) is 86.2 Å². The summed E-state index contributed by atoms with van der Waals surface area (Å²) in [6, 6.07) is 27.6. The van der Waals surface area contributed by atoms with Crippen molar-refractivity contribution in [2.24, 2.45) is 29.1 Å². The maximum Gasteiger partial charge on any atom is 0.240 e. The molecule has 1 aliphatic heterocycles. The van der Waals surface area contributed by atoms with Gasteiger partial charge < -0.3 is 20.4 Å². The van der Waals surface area contributed by atoms with Gasteiger partial charge in [0.05, 0.1) is 19.3 Å². The average Bonchev–Trinajstić information content (AvgIpc) is 3.46. The van der Waals surface area contributed by atoms with Crippen molar-refractivity contribution in [3.63, 3.8) is 0 Å². The Hall–Kier alpha value is -3.11. The summed E-state index contributed by atoms with van der Waals surface area (Å²) < 4.78 is 0. The van der Waals surface area contributed by atoms with Crippen LogP contribution in [0.2, 0.25) is 0 Å². The SMILES string of the molecule is Cc1cccc(CN(Cc2cccc(CN3O[C@@H](CO)[C@@H]([C@H](C)O)[C@H]3C(=O)N[C@H]3C[C@@H]4C[C@H]([C@@H]3C)C4(C)C)c2)[C@H](CN(C)C)c2ccccc2)c1. The second-order valence-corrected chi connectivity index (χ2v) is 16.6. The van der Waals surface area contributed by atoms with Crippen molar-refractivity contribution in [3.8, 4) is 0 Å². The van der Waals surface area contributed by atoms with Crippen LogP contribution in [0.15, 0.2) is 78.9 Å². The van der Waals surface area contributed by atoms with Gasteiger partial charge in [0.1, 0.15) is 12.1 Å². The fraction of sp³-hybridized carbons (Fsp3) is 0.558. The van der Waals surface area contributed by atoms with Crippen LogP contribution in [0.25, 0.3) is 0 Å². The minimum absolute atomic E-state index is 0.0985. The molecule has 51 heavy (non-hydrogen) atoms. The second-order valence-electron chi connectivity index (χ2n) is 16.6. The molecule has 9 atom stereocenters. The highest BCUT2D eigenvalue weighted by molar-refractivity contribution is 5.82. The number of likely N-dealkylation sites (N-methyl/N-ethyl adjacent to an activating group) is 1. The standard InChI is InChI=1S/C43H60N4O4/c1-28-13-11-14-31(19-28)23-46(38(26-45(6)7)34-17-9-8-10-18-34)24-32-15-12-16-33(20-32)25-47-41(40(30(3)49)39(27-48)51-47)42(50)44-37-22-35-21-36(29(37)2)43(35,4)5/h8-20,29-30,35-41,48-49H,21-27H2,1-7H3,(H,44,50)/t29-,30-,35-,36+,37-,38+,39-,40+,41-/m0/s1. The first-order valence-corrected chi connectivity index (χ1v) is 19.0. The van der Waals surface area contributed by atoms with Gasteiger partial charge in [-0.25, -0.2) is 0 Å². The summed E-state index contributed by atoms with van der Waals surface area (Å²) in [5.74, 6) is 0.927. The van der Waals surface area contributed by atoms with Gasteiger partial charge >= 0.3 is 0 Å². The molecule has 3 aliphatic carbocycles. The van der Waals surface area contributed by atoms with E-state index in [-0.39, 0.29) is 24.6 Å². The van der Waals surface area contributed by atoms with Gasteiger partial charge in [0.15, 0.2) is 0 Å². The second kappa shape index (κ2) is 15.9. The molecule has 0 spiro atoms. The lowest BCUT2D eigenvalue weighted by Gasteiger charge is -2.62. The first-order chi connectivity index (χ1) is 24.3. The van der Waals surface area contributed by atoms with Crippen LogP contribution in [0.1, 0.15) is 74.4 Å². The fourth-order valence-electron chi connectivity index (χ4n) is 9.50. The number of nitrogens with zero attached hydrogens (tertiary/aromatic N) is 3. The number of fused-ring (bicyclic) bond motifs is 2. The smallest absolute Gasteiger partial charge is 0.240 e. The number of hydrogen-bond acceptors (Lipinski definition) is 7. The van der Waals surface area contributed by atoms with Crippen molar-refractivity contribution >= 4 is 5.91 Å². The molecule has 3 N–H and O–H groups in total. The van der Waals surface area contributed by atoms with E-state index in [9.17, 15) is 15.0 Å². The minimum atomic E-state index is -0.827. The van der Waals surface area contributed by atoms with E-state index >= 15 is 0 Å². The van der Waals surface area contributed by atoms with E-state index in [1.165, 1.54) is 28.7 Å². The first kappa shape index (κ1) is 37.6. The minimum Gasteiger partial charge on any atom is -0.394 e. The Morgan fingerprint density at radius 3 is 2.25 bits per heavy atom. The first-order valence-electron chi connectivity index (χ1n) is 19.0. The number of amides is 1. The number of rotatable bonds is 14. The zero-order chi connectivity index (χ0) is 36.4. The maximum atomic E-state index is 14.2. The van der Waals surface area contributed by atoms with Crippen molar-refractivity contribution in [3.05, 3.63) is 107 Å². The summed E-state index contributed by atoms with van der Waals surface area (Å²) in [6.45, 7) is 13.3. The third-order valence-corrected chi connectivity index (χ3v) is 12.4. The Morgan fingerprint density at radius 1 is 0.980 bits per heavy atom. The van der Waals surface area contributed by atoms with Crippen LogP contribution in [0.3, 0.4) is 0 Å². The number of nitrogens with one attached hydrogen (secondary N) is 1. The molecule has 7 rings (SSSR count). The molecular weight excluding hydrogens is 636 g/mol. The van der Waals surface area contributed by atoms with Crippen LogP contribution < -0.4 is 5.32 Å². The molecule has 1 amide bonds. The molecule has 8 nitrogen and oxygen atoms in total. The Labute approximate surface area is 305 Å². The Kier molecular flexibility index (Phi) is 11.7. The molecule has 2 bridgehead atoms. The zero-order valence-corrected chi connectivity index (χ0v) is 31.7. The number of hydrogen-bond donors (Lipinski definition) is 3. The third kappa shape index (κ3) is 8.27. The summed E-state index contributed by atoms with van der Waals surface area (Å²) in [5, 5.41) is 26.3. The summed E-state index contributed by atoms with van der Waals surface area (Å²) in [7, 11) is 4.26. The number of carbonyl (C=O) groups excluding carboxylic acids is 1. The molecule has 4 fully saturated rings. The maximum absolute atomic E-state index is 14.2. The molecule has 4 aliphatic rings. The van der Waals surface area contributed by atoms with Gasteiger partial charge in [0, 0.05) is 37.6 Å². The van der Waals surface area contributed by atoms with E-state index in [0.717, 1.165) is 31.6 Å². The summed E-state index contributed by atoms with van der Waals surface area (Å²) in [6.07, 6.45) is 0.725. The monoisotopic (exact) mass is 696 g/mol. The Balaban J connectivity index is 1.24. The molecule has 3 aromatic rings. The molecule has 1 heterocycles. The predicted molar refractivity (Wildman–Crippen MR) is 202 cm³/mol. The number of aryl methyl sites for hydroxylation is 1. The number of aliphatic hydroxyl groups excluding tert-OH is 2. The Bertz CT molecular complexity index is 1610. The van der Waals surface area contributed by atoms with Gasteiger partial charge in [-0.3, -0.25) is 14.5 Å². The Morgan fingerprint density at radius 2 is 1.65 bits per heavy atom. The molecular formula is C43H60N4O4. The molecule has 3 saturated carbocycles. The highest BCUT2D eigenvalue weighted by Crippen LogP contribution is 2.61. The van der Waals surface area contributed by atoms with Gasteiger partial charge in [0.25, 0.3) is 0 Å². The average molecular weight is 697 g/mol. The van der Waals surface area contributed by atoms with Gasteiger partial charge in [0.2, 0.25) is 5.91 Å². The summed E-state index contributed by atoms with van der Waals surface area (Å²) in [4.78, 5) is 25.3. The van der Waals surface area contributed by atoms with Crippen LogP contribution in [0.4, 0.5) is 0 Å². The lowest BCUT2D eigenvalue weighted by atomic mass is 9.45. The van der Waals surface area contributed by atoms with Crippen LogP contribution in [0, 0.1) is 36.0 Å². The number of carbonyl (C=O) groups is 1. The quantitative estimate of drug-likeness (QED) is 0.192. The largest absolute Gasteiger partial charge is 0.394 e. The lowest BCUT2D eigenvalue weighted by Crippen LogP contribution is -2.62. The van der Waals surface area contributed by atoms with Gasteiger partial charge in [-0.2, -0.15) is 5.06 Å². The van der Waals surface area contributed by atoms with E-state index < -0.39 is 24.2 Å². The van der Waals surface area contributed by atoms with Gasteiger partial charge in [-0.15, -0.1) is 0 Å². The number of benzene rings is 3. The molecule has 276 valence electrons. The van der Waals surface area contributed by atoms with Crippen molar-refractivity contribution in [2.75, 3.05) is 27.2 Å². The van der Waals surface area contributed by atoms with Crippen LogP contribution in [-0.4, -0.2) is 82.5 Å². The third-order valence-electron chi connectivity index (χ3n) is 12.4. The van der Waals surface area contributed by atoms with Crippen molar-refractivity contribution in [1.29, 1.82) is 0 Å². The van der Waals surface area contributed by atoms with Crippen molar-refractivity contribution in [1.82, 2.24) is 20.2 Å². The topological polar surface area (TPSA) is 88.5 Å². The van der Waals surface area contributed by atoms with E-state index in [0.29, 0.717) is 29.7 Å². The molecule has 1 saturated heterocycles. The number of aliphatic hydroxyl groups is 2. The predicted octanol–water partition coefficient (Wildman–Crippen LogP) is 5.96. The molecule has 8 heteroatoms. The van der Waals surface area contributed by atoms with E-state index in [1.807, 2.05) is 0 Å². The van der Waals surface area contributed by atoms with Crippen LogP contribution in [-0.2, 0) is 29.3 Å². The normalized spacial score (nSPS) is 28.4. The van der Waals surface area contributed by atoms with Crippen molar-refractivity contribution < 1.29 is 19.8 Å². The summed E-state index contributed by atoms with van der Waals surface area (Å²) in [5.41, 5.74) is 6.31. The molecule has 3 aromatic carbocycles. The molecule has 0 radical (unpaired) electrons. The van der Waals surface area contributed by atoms with E-state index in [2.05, 4.69) is 136 Å². The van der Waals surface area contributed by atoms with Crippen molar-refractivity contribution in [2.45, 2.75) is 97.4 Å². The highest BCUT2D eigenvalue weighted by Gasteiger charge is 2.57.